The first kappa shape index (κ1) is 21.0. The molecule has 2 aliphatic rings. The number of hydrogen-bond donors (Lipinski definition) is 1. The maximum Gasteiger partial charge on any atom is 0.257 e. The highest BCUT2D eigenvalue weighted by atomic mass is 32.1. The third kappa shape index (κ3) is 4.15. The summed E-state index contributed by atoms with van der Waals surface area (Å²) in [6.07, 6.45) is 4.92. The van der Waals surface area contributed by atoms with Gasteiger partial charge in [0.2, 0.25) is 0 Å². The summed E-state index contributed by atoms with van der Waals surface area (Å²) in [5.41, 5.74) is 2.39. The molecule has 1 aliphatic carbocycles. The van der Waals surface area contributed by atoms with Gasteiger partial charge in [0.15, 0.2) is 0 Å². The maximum absolute atomic E-state index is 13.4. The van der Waals surface area contributed by atoms with Gasteiger partial charge in [-0.2, -0.15) is 0 Å². The van der Waals surface area contributed by atoms with Crippen molar-refractivity contribution in [3.05, 3.63) is 51.7 Å². The van der Waals surface area contributed by atoms with E-state index in [1.807, 2.05) is 4.90 Å². The highest BCUT2D eigenvalue weighted by Gasteiger charge is 2.35. The lowest BCUT2D eigenvalue weighted by Gasteiger charge is -2.34. The van der Waals surface area contributed by atoms with Gasteiger partial charge in [0.1, 0.15) is 10.8 Å². The fourth-order valence-electron chi connectivity index (χ4n) is 4.49. The minimum Gasteiger partial charge on any atom is -0.339 e. The van der Waals surface area contributed by atoms with E-state index in [4.69, 9.17) is 0 Å². The normalized spacial score (nSPS) is 18.9. The van der Waals surface area contributed by atoms with Crippen LogP contribution in [0.1, 0.15) is 71.2 Å². The molecule has 1 atom stereocenters. The Hall–Kier alpha value is -2.21. The quantitative estimate of drug-likeness (QED) is 0.699. The molecule has 0 bridgehead atoms. The van der Waals surface area contributed by atoms with Crippen molar-refractivity contribution in [1.29, 1.82) is 0 Å². The molecule has 1 fully saturated rings. The Labute approximate surface area is 181 Å². The molecule has 2 amide bonds. The number of thiophene rings is 1. The third-order valence-corrected chi connectivity index (χ3v) is 7.60. The lowest BCUT2D eigenvalue weighted by atomic mass is 9.72. The molecular formula is C24H29FN2O2S. The smallest absolute Gasteiger partial charge is 0.257 e. The maximum atomic E-state index is 13.4. The number of rotatable bonds is 3. The van der Waals surface area contributed by atoms with Crippen LogP contribution in [0, 0.1) is 17.2 Å². The molecule has 4 rings (SSSR count). The lowest BCUT2D eigenvalue weighted by molar-refractivity contribution is 0.0792. The van der Waals surface area contributed by atoms with Gasteiger partial charge in [0.25, 0.3) is 11.8 Å². The van der Waals surface area contributed by atoms with Crippen LogP contribution < -0.4 is 5.32 Å². The summed E-state index contributed by atoms with van der Waals surface area (Å²) in [7, 11) is 0. The van der Waals surface area contributed by atoms with E-state index in [-0.39, 0.29) is 23.0 Å². The van der Waals surface area contributed by atoms with E-state index in [2.05, 4.69) is 26.1 Å². The van der Waals surface area contributed by atoms with Crippen LogP contribution in [0.2, 0.25) is 0 Å². The summed E-state index contributed by atoms with van der Waals surface area (Å²) in [6.45, 7) is 8.36. The second-order valence-corrected chi connectivity index (χ2v) is 10.6. The molecule has 0 radical (unpaired) electrons. The number of nitrogens with zero attached hydrogens (tertiary/aromatic N) is 1. The second kappa shape index (κ2) is 8.14. The van der Waals surface area contributed by atoms with Crippen LogP contribution in [-0.4, -0.2) is 29.8 Å². The highest BCUT2D eigenvalue weighted by molar-refractivity contribution is 7.17. The number of likely N-dealkylation sites (tertiary alicyclic amines) is 1. The van der Waals surface area contributed by atoms with Crippen molar-refractivity contribution in [3.63, 3.8) is 0 Å². The largest absolute Gasteiger partial charge is 0.339 e. The summed E-state index contributed by atoms with van der Waals surface area (Å²) in [5, 5.41) is 3.61. The summed E-state index contributed by atoms with van der Waals surface area (Å²) < 4.78 is 13.2. The van der Waals surface area contributed by atoms with Crippen LogP contribution >= 0.6 is 11.3 Å². The summed E-state index contributed by atoms with van der Waals surface area (Å²) in [5.74, 6) is -0.0969. The van der Waals surface area contributed by atoms with E-state index >= 15 is 0 Å². The number of halogens is 1. The molecule has 1 aromatic heterocycles. The average Bonchev–Trinajstić information content (AvgIpc) is 3.34. The highest BCUT2D eigenvalue weighted by Crippen LogP contribution is 2.45. The zero-order valence-electron chi connectivity index (χ0n) is 17.9. The van der Waals surface area contributed by atoms with Crippen molar-refractivity contribution in [2.45, 2.75) is 52.9 Å². The topological polar surface area (TPSA) is 49.4 Å². The molecule has 0 saturated carbocycles. The van der Waals surface area contributed by atoms with Crippen molar-refractivity contribution in [1.82, 2.24) is 4.90 Å². The number of anilines is 1. The third-order valence-electron chi connectivity index (χ3n) is 6.43. The zero-order valence-corrected chi connectivity index (χ0v) is 18.7. The van der Waals surface area contributed by atoms with Gasteiger partial charge < -0.3 is 10.2 Å². The Kier molecular flexibility index (Phi) is 5.71. The Morgan fingerprint density at radius 3 is 2.43 bits per heavy atom. The number of benzene rings is 1. The molecule has 6 heteroatoms. The minimum atomic E-state index is -0.378. The summed E-state index contributed by atoms with van der Waals surface area (Å²) in [4.78, 5) is 29.3. The lowest BCUT2D eigenvalue weighted by Crippen LogP contribution is -2.30. The second-order valence-electron chi connectivity index (χ2n) is 9.47. The molecular weight excluding hydrogens is 399 g/mol. The van der Waals surface area contributed by atoms with Gasteiger partial charge in [-0.3, -0.25) is 9.59 Å². The van der Waals surface area contributed by atoms with Gasteiger partial charge in [-0.15, -0.1) is 11.3 Å². The van der Waals surface area contributed by atoms with Gasteiger partial charge >= 0.3 is 0 Å². The zero-order chi connectivity index (χ0) is 21.5. The van der Waals surface area contributed by atoms with Crippen LogP contribution in [0.25, 0.3) is 0 Å². The minimum absolute atomic E-state index is 0.0358. The first-order valence-electron chi connectivity index (χ1n) is 10.7. The van der Waals surface area contributed by atoms with E-state index < -0.39 is 0 Å². The van der Waals surface area contributed by atoms with Crippen LogP contribution in [0.3, 0.4) is 0 Å². The first-order valence-corrected chi connectivity index (χ1v) is 11.6. The van der Waals surface area contributed by atoms with Gasteiger partial charge in [-0.05, 0) is 73.3 Å². The van der Waals surface area contributed by atoms with Gasteiger partial charge in [0, 0.05) is 23.5 Å². The molecule has 2 aromatic rings. The van der Waals surface area contributed by atoms with Crippen molar-refractivity contribution < 1.29 is 14.0 Å². The molecule has 160 valence electrons. The Morgan fingerprint density at radius 2 is 1.80 bits per heavy atom. The van der Waals surface area contributed by atoms with Crippen molar-refractivity contribution in [3.8, 4) is 0 Å². The standard InChI is InChI=1S/C24H29FN2O2S/c1-24(2,3)16-8-11-18-19(14-16)30-22(20(18)23(29)27-12-4-5-13-27)26-21(28)15-6-9-17(25)10-7-15/h6-7,9-10,16H,4-5,8,11-14H2,1-3H3,(H,26,28)/t16-/m1/s1. The van der Waals surface area contributed by atoms with Crippen molar-refractivity contribution in [2.24, 2.45) is 11.3 Å². The fourth-order valence-corrected chi connectivity index (χ4v) is 5.81. The Morgan fingerprint density at radius 1 is 1.13 bits per heavy atom. The average molecular weight is 429 g/mol. The van der Waals surface area contributed by atoms with E-state index in [0.717, 1.165) is 50.8 Å². The number of amides is 2. The molecule has 1 aromatic carbocycles. The van der Waals surface area contributed by atoms with E-state index in [9.17, 15) is 14.0 Å². The van der Waals surface area contributed by atoms with Crippen LogP contribution in [-0.2, 0) is 12.8 Å². The molecule has 2 heterocycles. The number of carbonyl (C=O) groups excluding carboxylic acids is 2. The number of carbonyl (C=O) groups is 2. The van der Waals surface area contributed by atoms with Gasteiger partial charge in [-0.25, -0.2) is 4.39 Å². The molecule has 0 spiro atoms. The van der Waals surface area contributed by atoms with E-state index in [0.29, 0.717) is 22.0 Å². The van der Waals surface area contributed by atoms with Crippen LogP contribution in [0.5, 0.6) is 0 Å². The fraction of sp³-hybridized carbons (Fsp3) is 0.500. The first-order chi connectivity index (χ1) is 14.2. The number of nitrogens with one attached hydrogen (secondary N) is 1. The SMILES string of the molecule is CC(C)(C)[C@@H]1CCc2c(sc(NC(=O)c3ccc(F)cc3)c2C(=O)N2CCCC2)C1. The molecule has 30 heavy (non-hydrogen) atoms. The Bertz CT molecular complexity index is 953. The predicted molar refractivity (Wildman–Crippen MR) is 119 cm³/mol. The molecule has 1 aliphatic heterocycles. The van der Waals surface area contributed by atoms with E-state index in [1.165, 1.54) is 29.1 Å². The predicted octanol–water partition coefficient (Wildman–Crippen LogP) is 5.53. The van der Waals surface area contributed by atoms with Crippen molar-refractivity contribution in [2.75, 3.05) is 18.4 Å². The van der Waals surface area contributed by atoms with Gasteiger partial charge in [-0.1, -0.05) is 20.8 Å². The van der Waals surface area contributed by atoms with Crippen LogP contribution in [0.4, 0.5) is 9.39 Å². The van der Waals surface area contributed by atoms with Crippen molar-refractivity contribution >= 4 is 28.2 Å². The Balaban J connectivity index is 1.68. The molecule has 1 saturated heterocycles. The number of fused-ring (bicyclic) bond motifs is 1. The van der Waals surface area contributed by atoms with Gasteiger partial charge in [0.05, 0.1) is 5.56 Å². The molecule has 4 nitrogen and oxygen atoms in total. The van der Waals surface area contributed by atoms with E-state index in [1.54, 1.807) is 11.3 Å². The van der Waals surface area contributed by atoms with Crippen LogP contribution in [0.15, 0.2) is 24.3 Å². The summed E-state index contributed by atoms with van der Waals surface area (Å²) in [6, 6.07) is 5.49. The molecule has 0 unspecified atom stereocenters. The molecule has 1 N–H and O–H groups in total. The number of hydrogen-bond acceptors (Lipinski definition) is 3. The summed E-state index contributed by atoms with van der Waals surface area (Å²) >= 11 is 1.54. The monoisotopic (exact) mass is 428 g/mol.